The highest BCUT2D eigenvalue weighted by atomic mass is 19.1. The van der Waals surface area contributed by atoms with Gasteiger partial charge in [0.2, 0.25) is 0 Å². The number of amides is 1. The molecule has 2 N–H and O–H groups in total. The van der Waals surface area contributed by atoms with Crippen LogP contribution in [0.4, 0.5) is 4.39 Å². The van der Waals surface area contributed by atoms with E-state index in [9.17, 15) is 14.3 Å². The van der Waals surface area contributed by atoms with Crippen LogP contribution in [0.3, 0.4) is 0 Å². The minimum absolute atomic E-state index is 0.0852. The van der Waals surface area contributed by atoms with Gasteiger partial charge >= 0.3 is 0 Å². The van der Waals surface area contributed by atoms with E-state index in [-0.39, 0.29) is 24.6 Å². The number of carbonyl (C=O) groups excluding carboxylic acids is 1. The average Bonchev–Trinajstić information content (AvgIpc) is 2.58. The topological polar surface area (TPSA) is 82.3 Å². The van der Waals surface area contributed by atoms with Crippen LogP contribution in [0.5, 0.6) is 5.75 Å². The van der Waals surface area contributed by atoms with Gasteiger partial charge in [0.05, 0.1) is 17.7 Å². The number of halogens is 1. The van der Waals surface area contributed by atoms with Crippen molar-refractivity contribution in [3.05, 3.63) is 65.0 Å². The molecular formula is C18H17FN2O3. The van der Waals surface area contributed by atoms with Gasteiger partial charge in [0.15, 0.2) is 0 Å². The maximum Gasteiger partial charge on any atom is 0.251 e. The second-order valence-corrected chi connectivity index (χ2v) is 5.29. The fourth-order valence-corrected chi connectivity index (χ4v) is 2.01. The number of hydrogen-bond acceptors (Lipinski definition) is 4. The van der Waals surface area contributed by atoms with Crippen LogP contribution in [0, 0.1) is 17.1 Å². The number of aliphatic hydroxyl groups is 1. The van der Waals surface area contributed by atoms with Crippen LogP contribution in [-0.4, -0.2) is 23.7 Å². The summed E-state index contributed by atoms with van der Waals surface area (Å²) in [5, 5.41) is 20.8. The minimum Gasteiger partial charge on any atom is -0.489 e. The third-order valence-electron chi connectivity index (χ3n) is 3.24. The normalized spacial score (nSPS) is 11.4. The van der Waals surface area contributed by atoms with E-state index in [1.54, 1.807) is 31.2 Å². The van der Waals surface area contributed by atoms with Gasteiger partial charge in [-0.15, -0.1) is 0 Å². The Morgan fingerprint density at radius 2 is 2.17 bits per heavy atom. The molecule has 0 radical (unpaired) electrons. The molecule has 0 spiro atoms. The Balaban J connectivity index is 2.05. The number of ether oxygens (including phenoxy) is 1. The zero-order chi connectivity index (χ0) is 17.5. The zero-order valence-corrected chi connectivity index (χ0v) is 13.1. The quantitative estimate of drug-likeness (QED) is 0.853. The predicted molar refractivity (Wildman–Crippen MR) is 85.9 cm³/mol. The second kappa shape index (κ2) is 8.09. The van der Waals surface area contributed by atoms with E-state index in [4.69, 9.17) is 10.00 Å². The predicted octanol–water partition coefficient (Wildman–Crippen LogP) is 2.39. The number of rotatable bonds is 6. The summed E-state index contributed by atoms with van der Waals surface area (Å²) < 4.78 is 18.7. The molecule has 0 aromatic heterocycles. The van der Waals surface area contributed by atoms with Crippen LogP contribution < -0.4 is 10.1 Å². The lowest BCUT2D eigenvalue weighted by molar-refractivity contribution is 0.0923. The van der Waals surface area contributed by atoms with Gasteiger partial charge in [0.1, 0.15) is 18.2 Å². The lowest BCUT2D eigenvalue weighted by Gasteiger charge is -2.10. The summed E-state index contributed by atoms with van der Waals surface area (Å²) in [5.74, 6) is -0.346. The van der Waals surface area contributed by atoms with Crippen molar-refractivity contribution < 1.29 is 19.0 Å². The van der Waals surface area contributed by atoms with E-state index in [2.05, 4.69) is 5.32 Å². The van der Waals surface area contributed by atoms with Crippen molar-refractivity contribution in [1.82, 2.24) is 5.32 Å². The molecule has 5 nitrogen and oxygen atoms in total. The Kier molecular flexibility index (Phi) is 5.88. The van der Waals surface area contributed by atoms with Gasteiger partial charge in [0, 0.05) is 17.7 Å². The molecule has 0 saturated heterocycles. The van der Waals surface area contributed by atoms with E-state index >= 15 is 0 Å². The molecule has 24 heavy (non-hydrogen) atoms. The summed E-state index contributed by atoms with van der Waals surface area (Å²) in [7, 11) is 0. The molecule has 124 valence electrons. The Morgan fingerprint density at radius 3 is 2.88 bits per heavy atom. The van der Waals surface area contributed by atoms with Gasteiger partial charge in [-0.1, -0.05) is 12.1 Å². The molecule has 1 atom stereocenters. The fourth-order valence-electron chi connectivity index (χ4n) is 2.01. The molecule has 0 fully saturated rings. The molecule has 0 unspecified atom stereocenters. The van der Waals surface area contributed by atoms with Crippen LogP contribution in [0.25, 0.3) is 0 Å². The molecule has 0 saturated carbocycles. The van der Waals surface area contributed by atoms with Crippen LogP contribution in [0.2, 0.25) is 0 Å². The van der Waals surface area contributed by atoms with Crippen LogP contribution in [0.15, 0.2) is 42.5 Å². The van der Waals surface area contributed by atoms with Crippen LogP contribution in [0.1, 0.15) is 28.4 Å². The first-order chi connectivity index (χ1) is 11.5. The summed E-state index contributed by atoms with van der Waals surface area (Å²) in [4.78, 5) is 12.0. The smallest absolute Gasteiger partial charge is 0.251 e. The largest absolute Gasteiger partial charge is 0.489 e. The first-order valence-electron chi connectivity index (χ1n) is 7.37. The zero-order valence-electron chi connectivity index (χ0n) is 13.1. The third-order valence-corrected chi connectivity index (χ3v) is 3.24. The number of benzene rings is 2. The molecule has 0 aliphatic carbocycles. The maximum absolute atomic E-state index is 13.1. The number of hydrogen-bond donors (Lipinski definition) is 2. The Morgan fingerprint density at radius 1 is 1.38 bits per heavy atom. The fraction of sp³-hybridized carbons (Fsp3) is 0.222. The Labute approximate surface area is 139 Å². The van der Waals surface area contributed by atoms with E-state index in [0.717, 1.165) is 6.07 Å². The van der Waals surface area contributed by atoms with Gasteiger partial charge in [-0.25, -0.2) is 4.39 Å². The average molecular weight is 328 g/mol. The number of nitrogens with zero attached hydrogens (tertiary/aromatic N) is 1. The van der Waals surface area contributed by atoms with Crippen molar-refractivity contribution in [1.29, 1.82) is 5.26 Å². The number of nitrogens with one attached hydrogen (secondary N) is 1. The standard InChI is InChI=1S/C18H17FN2O3/c1-12(22)10-21-18(23)13-3-2-4-17(8-13)24-11-14-5-6-16(19)7-15(14)9-20/h2-8,12,22H,10-11H2,1H3,(H,21,23)/t12-/m1/s1. The van der Waals surface area contributed by atoms with Crippen molar-refractivity contribution in [3.8, 4) is 11.8 Å². The van der Waals surface area contributed by atoms with Crippen molar-refractivity contribution in [2.24, 2.45) is 0 Å². The van der Waals surface area contributed by atoms with Gasteiger partial charge in [-0.05, 0) is 37.3 Å². The number of nitriles is 1. The van der Waals surface area contributed by atoms with Crippen LogP contribution in [-0.2, 0) is 6.61 Å². The number of aliphatic hydroxyl groups excluding tert-OH is 1. The number of carbonyl (C=O) groups is 1. The summed E-state index contributed by atoms with van der Waals surface area (Å²) >= 11 is 0. The monoisotopic (exact) mass is 328 g/mol. The molecule has 0 heterocycles. The molecule has 0 aliphatic heterocycles. The van der Waals surface area contributed by atoms with Crippen molar-refractivity contribution in [3.63, 3.8) is 0 Å². The van der Waals surface area contributed by atoms with Crippen molar-refractivity contribution in [2.45, 2.75) is 19.6 Å². The van der Waals surface area contributed by atoms with Gasteiger partial charge < -0.3 is 15.2 Å². The highest BCUT2D eigenvalue weighted by Crippen LogP contribution is 2.17. The lowest BCUT2D eigenvalue weighted by Crippen LogP contribution is -2.30. The molecule has 0 bridgehead atoms. The van der Waals surface area contributed by atoms with Gasteiger partial charge in [-0.2, -0.15) is 5.26 Å². The molecule has 1 amide bonds. The molecular weight excluding hydrogens is 311 g/mol. The summed E-state index contributed by atoms with van der Waals surface area (Å²) in [6, 6.07) is 12.4. The van der Waals surface area contributed by atoms with Crippen molar-refractivity contribution in [2.75, 3.05) is 6.54 Å². The third kappa shape index (κ3) is 4.80. The first-order valence-corrected chi connectivity index (χ1v) is 7.37. The Bertz CT molecular complexity index is 769. The van der Waals surface area contributed by atoms with E-state index in [0.29, 0.717) is 16.9 Å². The molecule has 6 heteroatoms. The highest BCUT2D eigenvalue weighted by Gasteiger charge is 2.09. The summed E-state index contributed by atoms with van der Waals surface area (Å²) in [6.45, 7) is 1.82. The molecule has 0 aliphatic rings. The SMILES string of the molecule is C[C@@H](O)CNC(=O)c1cccc(OCc2ccc(F)cc2C#N)c1. The molecule has 2 rings (SSSR count). The van der Waals surface area contributed by atoms with E-state index in [1.165, 1.54) is 12.1 Å². The molecule has 2 aromatic carbocycles. The maximum atomic E-state index is 13.1. The molecule has 2 aromatic rings. The second-order valence-electron chi connectivity index (χ2n) is 5.29. The van der Waals surface area contributed by atoms with E-state index in [1.807, 2.05) is 6.07 Å². The lowest BCUT2D eigenvalue weighted by atomic mass is 10.1. The minimum atomic E-state index is -0.628. The van der Waals surface area contributed by atoms with Crippen molar-refractivity contribution >= 4 is 5.91 Å². The first kappa shape index (κ1) is 17.4. The van der Waals surface area contributed by atoms with E-state index < -0.39 is 11.9 Å². The Hall–Kier alpha value is -2.91. The van der Waals surface area contributed by atoms with Gasteiger partial charge in [-0.3, -0.25) is 4.79 Å². The highest BCUT2D eigenvalue weighted by molar-refractivity contribution is 5.94. The van der Waals surface area contributed by atoms with Gasteiger partial charge in [0.25, 0.3) is 5.91 Å². The summed E-state index contributed by atoms with van der Waals surface area (Å²) in [6.07, 6.45) is -0.628. The summed E-state index contributed by atoms with van der Waals surface area (Å²) in [5.41, 5.74) is 1.16. The van der Waals surface area contributed by atoms with Crippen LogP contribution >= 0.6 is 0 Å².